The van der Waals surface area contributed by atoms with E-state index in [0.29, 0.717) is 27.8 Å². The van der Waals surface area contributed by atoms with Crippen LogP contribution in [0.5, 0.6) is 0 Å². The molecular weight excluding hydrogens is 545 g/mol. The van der Waals surface area contributed by atoms with Crippen LogP contribution in [-0.2, 0) is 26.2 Å². The Balaban J connectivity index is 2.05. The number of hydrogen-bond acceptors (Lipinski definition) is 4. The number of anilines is 1. The first-order valence-corrected chi connectivity index (χ1v) is 14.3. The number of aryl methyl sites for hydroxylation is 2. The molecule has 0 fully saturated rings. The number of nitrogens with one attached hydrogen (secondary N) is 1. The molecular formula is C28H31Cl2N3O4S. The maximum absolute atomic E-state index is 13.8. The maximum atomic E-state index is 13.8. The van der Waals surface area contributed by atoms with Crippen LogP contribution < -0.4 is 9.62 Å². The lowest BCUT2D eigenvalue weighted by molar-refractivity contribution is -0.139. The predicted octanol–water partition coefficient (Wildman–Crippen LogP) is 5.36. The van der Waals surface area contributed by atoms with Crippen molar-refractivity contribution in [3.8, 4) is 0 Å². The first-order chi connectivity index (χ1) is 17.9. The Morgan fingerprint density at radius 2 is 1.61 bits per heavy atom. The van der Waals surface area contributed by atoms with Crippen LogP contribution in [0.3, 0.4) is 0 Å². The van der Waals surface area contributed by atoms with Gasteiger partial charge in [0.2, 0.25) is 11.8 Å². The smallest absolute Gasteiger partial charge is 0.264 e. The Hall–Kier alpha value is -3.07. The Morgan fingerprint density at radius 1 is 0.921 bits per heavy atom. The standard InChI is InChI=1S/C28H31Cl2N3O4S/c1-5-31-28(35)21(4)32(17-22-12-14-25(29)26(30)16-22)27(34)18-33(23-13-11-19(2)20(3)15-23)38(36,37)24-9-7-6-8-10-24/h6-16,21H,5,17-18H2,1-4H3,(H,31,35)/t21-/m1/s1. The Bertz CT molecular complexity index is 1410. The summed E-state index contributed by atoms with van der Waals surface area (Å²) in [5, 5.41) is 3.40. The Morgan fingerprint density at radius 3 is 2.21 bits per heavy atom. The van der Waals surface area contributed by atoms with E-state index in [9.17, 15) is 18.0 Å². The molecule has 7 nitrogen and oxygen atoms in total. The van der Waals surface area contributed by atoms with E-state index in [0.717, 1.165) is 15.4 Å². The molecule has 0 saturated carbocycles. The molecule has 1 atom stereocenters. The minimum absolute atomic E-state index is 0.0279. The fourth-order valence-corrected chi connectivity index (χ4v) is 5.62. The highest BCUT2D eigenvalue weighted by Crippen LogP contribution is 2.27. The summed E-state index contributed by atoms with van der Waals surface area (Å²) in [6, 6.07) is 17.2. The summed E-state index contributed by atoms with van der Waals surface area (Å²) in [7, 11) is -4.11. The number of halogens is 2. The minimum Gasteiger partial charge on any atom is -0.355 e. The minimum atomic E-state index is -4.11. The average molecular weight is 577 g/mol. The van der Waals surface area contributed by atoms with Crippen LogP contribution in [0.1, 0.15) is 30.5 Å². The third-order valence-corrected chi connectivity index (χ3v) is 8.77. The summed E-state index contributed by atoms with van der Waals surface area (Å²) in [5.41, 5.74) is 2.87. The van der Waals surface area contributed by atoms with Gasteiger partial charge in [0.25, 0.3) is 10.0 Å². The molecule has 3 aromatic carbocycles. The topological polar surface area (TPSA) is 86.8 Å². The first kappa shape index (κ1) is 29.5. The van der Waals surface area contributed by atoms with Gasteiger partial charge >= 0.3 is 0 Å². The normalized spacial score (nSPS) is 12.1. The number of likely N-dealkylation sites (N-methyl/N-ethyl adjacent to an activating group) is 1. The largest absolute Gasteiger partial charge is 0.355 e. The monoisotopic (exact) mass is 575 g/mol. The summed E-state index contributed by atoms with van der Waals surface area (Å²) in [6.07, 6.45) is 0. The molecule has 10 heteroatoms. The Kier molecular flexibility index (Phi) is 9.82. The molecule has 2 amide bonds. The van der Waals surface area contributed by atoms with Gasteiger partial charge in [-0.05, 0) is 80.8 Å². The second-order valence-corrected chi connectivity index (χ2v) is 11.6. The summed E-state index contributed by atoms with van der Waals surface area (Å²) >= 11 is 12.2. The predicted molar refractivity (Wildman–Crippen MR) is 152 cm³/mol. The Labute approximate surface area is 234 Å². The zero-order valence-electron chi connectivity index (χ0n) is 21.7. The van der Waals surface area contributed by atoms with Crippen molar-refractivity contribution in [3.05, 3.63) is 93.5 Å². The molecule has 0 aliphatic heterocycles. The van der Waals surface area contributed by atoms with Crippen molar-refractivity contribution >= 4 is 50.7 Å². The third kappa shape index (κ3) is 6.87. The lowest BCUT2D eigenvalue weighted by Gasteiger charge is -2.32. The van der Waals surface area contributed by atoms with Crippen LogP contribution in [0.25, 0.3) is 0 Å². The SMILES string of the molecule is CCNC(=O)[C@@H](C)N(Cc1ccc(Cl)c(Cl)c1)C(=O)CN(c1ccc(C)c(C)c1)S(=O)(=O)c1ccccc1. The molecule has 0 radical (unpaired) electrons. The molecule has 1 N–H and O–H groups in total. The molecule has 38 heavy (non-hydrogen) atoms. The van der Waals surface area contributed by atoms with Gasteiger partial charge in [0.1, 0.15) is 12.6 Å². The van der Waals surface area contributed by atoms with Gasteiger partial charge in [-0.3, -0.25) is 13.9 Å². The van der Waals surface area contributed by atoms with Crippen molar-refractivity contribution in [1.82, 2.24) is 10.2 Å². The lowest BCUT2D eigenvalue weighted by Crippen LogP contribution is -2.51. The lowest BCUT2D eigenvalue weighted by atomic mass is 10.1. The highest BCUT2D eigenvalue weighted by molar-refractivity contribution is 7.92. The zero-order valence-corrected chi connectivity index (χ0v) is 24.1. The van der Waals surface area contributed by atoms with Crippen molar-refractivity contribution in [2.45, 2.75) is 45.2 Å². The number of carbonyl (C=O) groups is 2. The van der Waals surface area contributed by atoms with Crippen LogP contribution in [0.2, 0.25) is 10.0 Å². The van der Waals surface area contributed by atoms with E-state index in [4.69, 9.17) is 23.2 Å². The van der Waals surface area contributed by atoms with Crippen LogP contribution in [0.4, 0.5) is 5.69 Å². The van der Waals surface area contributed by atoms with Crippen LogP contribution >= 0.6 is 23.2 Å². The summed E-state index contributed by atoms with van der Waals surface area (Å²) in [6.45, 7) is 7.09. The van der Waals surface area contributed by atoms with Gasteiger partial charge in [-0.15, -0.1) is 0 Å². The fourth-order valence-electron chi connectivity index (χ4n) is 3.87. The summed E-state index contributed by atoms with van der Waals surface area (Å²) in [5.74, 6) is -0.905. The molecule has 0 saturated heterocycles. The van der Waals surface area contributed by atoms with Gasteiger partial charge in [0.05, 0.1) is 20.6 Å². The van der Waals surface area contributed by atoms with E-state index < -0.39 is 28.5 Å². The molecule has 202 valence electrons. The molecule has 0 aliphatic carbocycles. The summed E-state index contributed by atoms with van der Waals surface area (Å²) < 4.78 is 28.6. The van der Waals surface area contributed by atoms with E-state index in [2.05, 4.69) is 5.32 Å². The molecule has 0 aliphatic rings. The molecule has 0 bridgehead atoms. The van der Waals surface area contributed by atoms with E-state index >= 15 is 0 Å². The molecule has 3 rings (SSSR count). The number of rotatable bonds is 10. The highest BCUT2D eigenvalue weighted by atomic mass is 35.5. The van der Waals surface area contributed by atoms with Gasteiger partial charge in [0.15, 0.2) is 0 Å². The van der Waals surface area contributed by atoms with Gasteiger partial charge in [-0.2, -0.15) is 0 Å². The van der Waals surface area contributed by atoms with Crippen molar-refractivity contribution < 1.29 is 18.0 Å². The number of sulfonamides is 1. The number of benzene rings is 3. The highest BCUT2D eigenvalue weighted by Gasteiger charge is 2.32. The van der Waals surface area contributed by atoms with Crippen LogP contribution in [-0.4, -0.2) is 44.3 Å². The molecule has 0 heterocycles. The van der Waals surface area contributed by atoms with Crippen molar-refractivity contribution in [2.75, 3.05) is 17.4 Å². The van der Waals surface area contributed by atoms with Crippen molar-refractivity contribution in [3.63, 3.8) is 0 Å². The second-order valence-electron chi connectivity index (χ2n) is 8.93. The quantitative estimate of drug-likeness (QED) is 0.352. The molecule has 0 unspecified atom stereocenters. The molecule has 0 aromatic heterocycles. The average Bonchev–Trinajstić information content (AvgIpc) is 2.89. The van der Waals surface area contributed by atoms with Crippen LogP contribution in [0.15, 0.2) is 71.6 Å². The van der Waals surface area contributed by atoms with Gasteiger partial charge in [-0.1, -0.05) is 53.5 Å². The number of amides is 2. The van der Waals surface area contributed by atoms with Gasteiger partial charge in [0, 0.05) is 13.1 Å². The number of carbonyl (C=O) groups excluding carboxylic acids is 2. The van der Waals surface area contributed by atoms with E-state index in [-0.39, 0.29) is 17.3 Å². The summed E-state index contributed by atoms with van der Waals surface area (Å²) in [4.78, 5) is 28.0. The number of hydrogen-bond donors (Lipinski definition) is 1. The third-order valence-electron chi connectivity index (χ3n) is 6.24. The zero-order chi connectivity index (χ0) is 28.0. The van der Waals surface area contributed by atoms with Gasteiger partial charge in [-0.25, -0.2) is 8.42 Å². The fraction of sp³-hybridized carbons (Fsp3) is 0.286. The van der Waals surface area contributed by atoms with E-state index in [1.807, 2.05) is 19.9 Å². The van der Waals surface area contributed by atoms with Gasteiger partial charge < -0.3 is 10.2 Å². The van der Waals surface area contributed by atoms with Crippen LogP contribution in [0, 0.1) is 13.8 Å². The number of nitrogens with zero attached hydrogens (tertiary/aromatic N) is 2. The van der Waals surface area contributed by atoms with E-state index in [1.54, 1.807) is 62.4 Å². The van der Waals surface area contributed by atoms with Crippen molar-refractivity contribution in [1.29, 1.82) is 0 Å². The van der Waals surface area contributed by atoms with E-state index in [1.165, 1.54) is 17.0 Å². The second kappa shape index (κ2) is 12.7. The van der Waals surface area contributed by atoms with Crippen molar-refractivity contribution in [2.24, 2.45) is 0 Å². The maximum Gasteiger partial charge on any atom is 0.264 e. The first-order valence-electron chi connectivity index (χ1n) is 12.1. The molecule has 0 spiro atoms. The molecule has 3 aromatic rings.